The van der Waals surface area contributed by atoms with Crippen LogP contribution in [0.1, 0.15) is 27.6 Å². The van der Waals surface area contributed by atoms with Crippen molar-refractivity contribution < 1.29 is 14.3 Å². The molecule has 142 valence electrons. The van der Waals surface area contributed by atoms with Gasteiger partial charge in [-0.25, -0.2) is 0 Å². The number of nitrogens with zero attached hydrogens (tertiary/aromatic N) is 3. The lowest BCUT2D eigenvalue weighted by molar-refractivity contribution is 0.0663. The van der Waals surface area contributed by atoms with Crippen LogP contribution in [0.25, 0.3) is 0 Å². The predicted molar refractivity (Wildman–Crippen MR) is 103 cm³/mol. The Kier molecular flexibility index (Phi) is 6.03. The molecule has 1 saturated heterocycles. The topological polar surface area (TPSA) is 74.8 Å². The quantitative estimate of drug-likeness (QED) is 0.875. The van der Waals surface area contributed by atoms with Gasteiger partial charge in [-0.2, -0.15) is 0 Å². The first kappa shape index (κ1) is 18.8. The molecule has 2 heterocycles. The summed E-state index contributed by atoms with van der Waals surface area (Å²) in [6, 6.07) is 8.83. The molecule has 0 bridgehead atoms. The van der Waals surface area contributed by atoms with Gasteiger partial charge in [0.25, 0.3) is 11.8 Å². The van der Waals surface area contributed by atoms with E-state index in [-0.39, 0.29) is 11.8 Å². The summed E-state index contributed by atoms with van der Waals surface area (Å²) in [6.07, 6.45) is 2.96. The van der Waals surface area contributed by atoms with Crippen LogP contribution in [-0.2, 0) is 0 Å². The molecule has 2 amide bonds. The summed E-state index contributed by atoms with van der Waals surface area (Å²) in [7, 11) is 2.04. The van der Waals surface area contributed by atoms with Crippen LogP contribution in [0.5, 0.6) is 5.75 Å². The minimum Gasteiger partial charge on any atom is -0.492 e. The number of likely N-dealkylation sites (N-methyl/N-ethyl adjacent to an activating group) is 1. The molecule has 0 saturated carbocycles. The molecule has 1 fully saturated rings. The third-order valence-corrected chi connectivity index (χ3v) is 4.47. The van der Waals surface area contributed by atoms with Gasteiger partial charge in [0.1, 0.15) is 5.75 Å². The first-order valence-corrected chi connectivity index (χ1v) is 9.04. The Morgan fingerprint density at radius 3 is 2.56 bits per heavy atom. The Hall–Kier alpha value is -2.93. The highest BCUT2D eigenvalue weighted by Crippen LogP contribution is 2.24. The number of carbonyl (C=O) groups is 2. The molecular weight excluding hydrogens is 344 g/mol. The van der Waals surface area contributed by atoms with E-state index in [1.54, 1.807) is 23.1 Å². The monoisotopic (exact) mass is 368 g/mol. The van der Waals surface area contributed by atoms with Crippen LogP contribution in [0.15, 0.2) is 42.7 Å². The second-order valence-electron chi connectivity index (χ2n) is 6.44. The van der Waals surface area contributed by atoms with Crippen LogP contribution < -0.4 is 10.1 Å². The fourth-order valence-electron chi connectivity index (χ4n) is 2.92. The maximum Gasteiger partial charge on any atom is 0.257 e. The molecule has 3 rings (SSSR count). The lowest BCUT2D eigenvalue weighted by Gasteiger charge is -2.32. The zero-order valence-electron chi connectivity index (χ0n) is 15.6. The van der Waals surface area contributed by atoms with Crippen LogP contribution in [-0.4, -0.2) is 66.4 Å². The number of carbonyl (C=O) groups excluding carboxylic acids is 2. The summed E-state index contributed by atoms with van der Waals surface area (Å²) in [4.78, 5) is 33.4. The highest BCUT2D eigenvalue weighted by atomic mass is 16.5. The number of amides is 2. The van der Waals surface area contributed by atoms with Gasteiger partial charge in [0.2, 0.25) is 0 Å². The van der Waals surface area contributed by atoms with Crippen molar-refractivity contribution in [1.82, 2.24) is 14.8 Å². The van der Waals surface area contributed by atoms with E-state index in [4.69, 9.17) is 4.74 Å². The highest BCUT2D eigenvalue weighted by Gasteiger charge is 2.21. The third-order valence-electron chi connectivity index (χ3n) is 4.47. The van der Waals surface area contributed by atoms with Crippen LogP contribution in [0.4, 0.5) is 5.69 Å². The fourth-order valence-corrected chi connectivity index (χ4v) is 2.92. The van der Waals surface area contributed by atoms with Crippen molar-refractivity contribution in [2.24, 2.45) is 0 Å². The summed E-state index contributed by atoms with van der Waals surface area (Å²) < 4.78 is 5.53. The van der Waals surface area contributed by atoms with Gasteiger partial charge in [0.05, 0.1) is 23.4 Å². The molecular formula is C20H24N4O3. The summed E-state index contributed by atoms with van der Waals surface area (Å²) >= 11 is 0. The maximum absolute atomic E-state index is 12.7. The van der Waals surface area contributed by atoms with Gasteiger partial charge in [-0.3, -0.25) is 14.6 Å². The third kappa shape index (κ3) is 4.62. The number of hydrogen-bond acceptors (Lipinski definition) is 5. The highest BCUT2D eigenvalue weighted by molar-refractivity contribution is 6.06. The molecule has 1 aliphatic heterocycles. The summed E-state index contributed by atoms with van der Waals surface area (Å²) in [5, 5.41) is 2.83. The minimum atomic E-state index is -0.331. The first-order valence-electron chi connectivity index (χ1n) is 9.04. The number of piperazine rings is 1. The van der Waals surface area contributed by atoms with E-state index < -0.39 is 0 Å². The Morgan fingerprint density at radius 2 is 1.81 bits per heavy atom. The van der Waals surface area contributed by atoms with Crippen molar-refractivity contribution in [3.8, 4) is 5.75 Å². The van der Waals surface area contributed by atoms with Crippen molar-refractivity contribution in [2.75, 3.05) is 45.2 Å². The molecule has 2 aromatic rings. The number of hydrogen-bond donors (Lipinski definition) is 1. The Balaban J connectivity index is 1.73. The van der Waals surface area contributed by atoms with E-state index in [1.807, 2.05) is 26.1 Å². The van der Waals surface area contributed by atoms with Crippen molar-refractivity contribution in [3.05, 3.63) is 53.9 Å². The van der Waals surface area contributed by atoms with E-state index >= 15 is 0 Å². The number of nitrogens with one attached hydrogen (secondary N) is 1. The zero-order chi connectivity index (χ0) is 19.2. The SMILES string of the molecule is CCOc1ccccc1NC(=O)c1cncc(C(=O)N2CCN(C)CC2)c1. The standard InChI is InChI=1S/C20H24N4O3/c1-3-27-18-7-5-4-6-17(18)22-19(25)15-12-16(14-21-13-15)20(26)24-10-8-23(2)9-11-24/h4-7,12-14H,3,8-11H2,1-2H3,(H,22,25). The van der Waals surface area contributed by atoms with Crippen LogP contribution in [0.2, 0.25) is 0 Å². The van der Waals surface area contributed by atoms with Gasteiger partial charge in [0.15, 0.2) is 0 Å². The molecule has 1 aromatic carbocycles. The Bertz CT molecular complexity index is 816. The molecule has 0 radical (unpaired) electrons. The number of benzene rings is 1. The number of pyridine rings is 1. The van der Waals surface area contributed by atoms with Crippen molar-refractivity contribution in [3.63, 3.8) is 0 Å². The molecule has 1 aromatic heterocycles. The van der Waals surface area contributed by atoms with Crippen molar-refractivity contribution >= 4 is 17.5 Å². The number of aromatic nitrogens is 1. The molecule has 1 aliphatic rings. The molecule has 0 aliphatic carbocycles. The predicted octanol–water partition coefficient (Wildman–Crippen LogP) is 2.12. The Morgan fingerprint density at radius 1 is 1.11 bits per heavy atom. The van der Waals surface area contributed by atoms with Crippen molar-refractivity contribution in [2.45, 2.75) is 6.92 Å². The van der Waals surface area contributed by atoms with Crippen molar-refractivity contribution in [1.29, 1.82) is 0 Å². The molecule has 0 spiro atoms. The average Bonchev–Trinajstić information content (AvgIpc) is 2.70. The zero-order valence-corrected chi connectivity index (χ0v) is 15.6. The van der Waals surface area contributed by atoms with E-state index in [0.717, 1.165) is 13.1 Å². The second-order valence-corrected chi connectivity index (χ2v) is 6.44. The number of anilines is 1. The van der Waals surface area contributed by atoms with E-state index in [9.17, 15) is 9.59 Å². The maximum atomic E-state index is 12.7. The number of ether oxygens (including phenoxy) is 1. The van der Waals surface area contributed by atoms with Gasteiger partial charge < -0.3 is 19.9 Å². The number of rotatable bonds is 5. The smallest absolute Gasteiger partial charge is 0.257 e. The van der Waals surface area contributed by atoms with E-state index in [0.29, 0.717) is 42.3 Å². The first-order chi connectivity index (χ1) is 13.1. The summed E-state index contributed by atoms with van der Waals surface area (Å²) in [5.74, 6) is 0.175. The van der Waals surface area contributed by atoms with Gasteiger partial charge in [0, 0.05) is 38.6 Å². The van der Waals surface area contributed by atoms with Gasteiger partial charge in [-0.05, 0) is 32.2 Å². The van der Waals surface area contributed by atoms with Gasteiger partial charge in [-0.15, -0.1) is 0 Å². The lowest BCUT2D eigenvalue weighted by Crippen LogP contribution is -2.47. The lowest BCUT2D eigenvalue weighted by atomic mass is 10.1. The second kappa shape index (κ2) is 8.64. The van der Waals surface area contributed by atoms with Crippen LogP contribution in [0.3, 0.4) is 0 Å². The van der Waals surface area contributed by atoms with Gasteiger partial charge >= 0.3 is 0 Å². The van der Waals surface area contributed by atoms with Gasteiger partial charge in [-0.1, -0.05) is 12.1 Å². The number of para-hydroxylation sites is 2. The molecule has 27 heavy (non-hydrogen) atoms. The van der Waals surface area contributed by atoms with Crippen LogP contribution >= 0.6 is 0 Å². The molecule has 1 N–H and O–H groups in total. The Labute approximate surface area is 158 Å². The van der Waals surface area contributed by atoms with E-state index in [1.165, 1.54) is 12.4 Å². The summed E-state index contributed by atoms with van der Waals surface area (Å²) in [5.41, 5.74) is 1.34. The molecule has 0 unspecified atom stereocenters. The van der Waals surface area contributed by atoms with E-state index in [2.05, 4.69) is 15.2 Å². The van der Waals surface area contributed by atoms with Crippen LogP contribution in [0, 0.1) is 0 Å². The average molecular weight is 368 g/mol. The largest absolute Gasteiger partial charge is 0.492 e. The molecule has 0 atom stereocenters. The normalized spacial score (nSPS) is 14.7. The fraction of sp³-hybridized carbons (Fsp3) is 0.350. The molecule has 7 heteroatoms. The molecule has 7 nitrogen and oxygen atoms in total. The minimum absolute atomic E-state index is 0.0973. The summed E-state index contributed by atoms with van der Waals surface area (Å²) in [6.45, 7) is 5.42.